The van der Waals surface area contributed by atoms with Gasteiger partial charge in [0.2, 0.25) is 0 Å². The Hall–Kier alpha value is -2.77. The Morgan fingerprint density at radius 3 is 2.09 bits per heavy atom. The maximum atomic E-state index is 13.9. The molecule has 0 aliphatic carbocycles. The van der Waals surface area contributed by atoms with E-state index in [0.29, 0.717) is 17.0 Å². The minimum absolute atomic E-state index is 0. The van der Waals surface area contributed by atoms with Gasteiger partial charge in [0.15, 0.2) is 6.10 Å². The molecule has 1 amide bonds. The Morgan fingerprint density at radius 2 is 1.51 bits per heavy atom. The molecule has 35 heavy (non-hydrogen) atoms. The minimum Gasteiger partial charge on any atom is -1.00 e. The number of nitrogens with one attached hydrogen (secondary N) is 1. The highest BCUT2D eigenvalue weighted by atomic mass is 79.9. The third kappa shape index (κ3) is 5.90. The zero-order valence-electron chi connectivity index (χ0n) is 19.4. The molecule has 3 saturated heterocycles. The number of nitrogens with zero attached hydrogens (tertiary/aromatic N) is 1. The van der Waals surface area contributed by atoms with Crippen LogP contribution in [0.2, 0.25) is 0 Å². The second-order valence-corrected chi connectivity index (χ2v) is 9.60. The molecule has 2 bridgehead atoms. The predicted molar refractivity (Wildman–Crippen MR) is 126 cm³/mol. The van der Waals surface area contributed by atoms with Crippen LogP contribution >= 0.6 is 0 Å². The lowest BCUT2D eigenvalue weighted by Gasteiger charge is -2.52. The highest BCUT2D eigenvalue weighted by Crippen LogP contribution is 2.36. The van der Waals surface area contributed by atoms with Crippen LogP contribution in [0, 0.1) is 17.6 Å². The lowest BCUT2D eigenvalue weighted by Crippen LogP contribution is -3.00. The predicted octanol–water partition coefficient (Wildman–Crippen LogP) is 2.59. The average Bonchev–Trinajstić information content (AvgIpc) is 2.83. The van der Waals surface area contributed by atoms with Crippen LogP contribution in [0.15, 0.2) is 78.9 Å². The molecule has 0 unspecified atom stereocenters. The summed E-state index contributed by atoms with van der Waals surface area (Å²) in [6, 6.07) is 22.3. The Labute approximate surface area is 215 Å². The highest BCUT2D eigenvalue weighted by Gasteiger charge is 2.46. The van der Waals surface area contributed by atoms with Crippen molar-refractivity contribution in [1.82, 2.24) is 5.32 Å². The molecule has 3 aromatic carbocycles. The van der Waals surface area contributed by atoms with Gasteiger partial charge in [0.05, 0.1) is 25.7 Å². The van der Waals surface area contributed by atoms with Crippen LogP contribution in [0.3, 0.4) is 0 Å². The zero-order chi connectivity index (χ0) is 23.5. The first-order chi connectivity index (χ1) is 16.5. The Bertz CT molecular complexity index is 1110. The molecule has 0 aromatic heterocycles. The van der Waals surface area contributed by atoms with E-state index in [2.05, 4.69) is 29.6 Å². The number of ether oxygens (including phenoxy) is 1. The largest absolute Gasteiger partial charge is 1.00 e. The number of amides is 1. The summed E-state index contributed by atoms with van der Waals surface area (Å²) in [5.74, 6) is -0.453. The minimum atomic E-state index is -0.903. The van der Waals surface area contributed by atoms with Crippen LogP contribution in [0.1, 0.15) is 35.6 Å². The number of halogens is 3. The number of carbonyl (C=O) groups is 1. The number of piperidine rings is 3. The molecule has 0 saturated carbocycles. The van der Waals surface area contributed by atoms with E-state index in [1.807, 2.05) is 6.07 Å². The van der Waals surface area contributed by atoms with Gasteiger partial charge >= 0.3 is 6.09 Å². The molecule has 6 rings (SSSR count). The van der Waals surface area contributed by atoms with Crippen LogP contribution in [-0.4, -0.2) is 36.3 Å². The van der Waals surface area contributed by atoms with Crippen molar-refractivity contribution in [1.29, 1.82) is 0 Å². The van der Waals surface area contributed by atoms with Gasteiger partial charge in [0.25, 0.3) is 0 Å². The summed E-state index contributed by atoms with van der Waals surface area (Å²) in [6.45, 7) is 4.04. The molecule has 0 spiro atoms. The summed E-state index contributed by atoms with van der Waals surface area (Å²) in [5, 5.41) is 3.10. The first-order valence-electron chi connectivity index (χ1n) is 11.9. The van der Waals surface area contributed by atoms with Gasteiger partial charge in [-0.15, -0.1) is 0 Å². The van der Waals surface area contributed by atoms with Crippen LogP contribution in [0.5, 0.6) is 0 Å². The third-order valence-corrected chi connectivity index (χ3v) is 7.29. The lowest BCUT2D eigenvalue weighted by molar-refractivity contribution is -0.956. The fourth-order valence-electron chi connectivity index (χ4n) is 5.60. The molecular formula is C28H29BrF2N2O2. The summed E-state index contributed by atoms with van der Waals surface area (Å²) in [6.07, 6.45) is 0.666. The molecule has 3 aliphatic rings. The van der Waals surface area contributed by atoms with E-state index in [1.54, 1.807) is 24.3 Å². The molecular weight excluding hydrogens is 514 g/mol. The average molecular weight is 543 g/mol. The number of hydrogen-bond acceptors (Lipinski definition) is 2. The van der Waals surface area contributed by atoms with Gasteiger partial charge in [-0.3, -0.25) is 0 Å². The van der Waals surface area contributed by atoms with Crippen LogP contribution in [0.25, 0.3) is 0 Å². The summed E-state index contributed by atoms with van der Waals surface area (Å²) in [7, 11) is 0. The maximum Gasteiger partial charge on any atom is 0.408 e. The van der Waals surface area contributed by atoms with E-state index in [9.17, 15) is 13.6 Å². The molecule has 184 valence electrons. The molecule has 3 fully saturated rings. The van der Waals surface area contributed by atoms with Crippen molar-refractivity contribution in [3.05, 3.63) is 107 Å². The summed E-state index contributed by atoms with van der Waals surface area (Å²) in [5.41, 5.74) is 2.23. The molecule has 3 aliphatic heterocycles. The monoisotopic (exact) mass is 542 g/mol. The third-order valence-electron chi connectivity index (χ3n) is 7.29. The van der Waals surface area contributed by atoms with Crippen LogP contribution in [0.4, 0.5) is 13.6 Å². The topological polar surface area (TPSA) is 38.3 Å². The number of fused-ring (bicyclic) bond motifs is 3. The summed E-state index contributed by atoms with van der Waals surface area (Å²) in [4.78, 5) is 13.0. The van der Waals surface area contributed by atoms with Gasteiger partial charge in [-0.25, -0.2) is 13.6 Å². The second kappa shape index (κ2) is 10.9. The second-order valence-electron chi connectivity index (χ2n) is 9.60. The van der Waals surface area contributed by atoms with Crippen molar-refractivity contribution in [2.24, 2.45) is 5.92 Å². The van der Waals surface area contributed by atoms with E-state index >= 15 is 0 Å². The van der Waals surface area contributed by atoms with Crippen molar-refractivity contribution >= 4 is 6.09 Å². The number of rotatable bonds is 6. The van der Waals surface area contributed by atoms with Gasteiger partial charge in [-0.2, -0.15) is 0 Å². The number of benzene rings is 3. The van der Waals surface area contributed by atoms with E-state index < -0.39 is 23.8 Å². The fraction of sp³-hybridized carbons (Fsp3) is 0.321. The van der Waals surface area contributed by atoms with Crippen molar-refractivity contribution in [3.63, 3.8) is 0 Å². The van der Waals surface area contributed by atoms with Gasteiger partial charge in [-0.05, 0) is 41.3 Å². The number of alkyl carbamates (subject to hydrolysis) is 1. The molecule has 3 aromatic rings. The van der Waals surface area contributed by atoms with Crippen molar-refractivity contribution in [3.8, 4) is 0 Å². The van der Waals surface area contributed by atoms with Gasteiger partial charge < -0.3 is 31.5 Å². The van der Waals surface area contributed by atoms with E-state index in [0.717, 1.165) is 43.5 Å². The summed E-state index contributed by atoms with van der Waals surface area (Å²) < 4.78 is 34.6. The molecule has 7 heteroatoms. The van der Waals surface area contributed by atoms with Crippen molar-refractivity contribution < 1.29 is 39.8 Å². The first kappa shape index (κ1) is 25.3. The molecule has 0 radical (unpaired) electrons. The quantitative estimate of drug-likeness (QED) is 0.486. The smallest absolute Gasteiger partial charge is 0.408 e. The Morgan fingerprint density at radius 1 is 0.914 bits per heavy atom. The standard InChI is InChI=1S/C28H28F2N2O2.BrH/c29-24-10-4-8-22(16-24)27(23-9-5-11-25(30)17-23)34-28(33)31-26-19-32(14-12-21(26)13-15-32)18-20-6-2-1-3-7-20;/h1-11,16-17,21,26-27H,12-15,18-19H2;1H/t21?,26-,32?;/m0./s1. The van der Waals surface area contributed by atoms with Crippen molar-refractivity contribution in [2.75, 3.05) is 19.6 Å². The van der Waals surface area contributed by atoms with E-state index in [4.69, 9.17) is 4.74 Å². The van der Waals surface area contributed by atoms with E-state index in [1.165, 1.54) is 29.8 Å². The lowest BCUT2D eigenvalue weighted by atomic mass is 9.81. The first-order valence-corrected chi connectivity index (χ1v) is 11.9. The number of carbonyl (C=O) groups excluding carboxylic acids is 1. The number of hydrogen-bond donors (Lipinski definition) is 1. The van der Waals surface area contributed by atoms with Crippen molar-refractivity contribution in [2.45, 2.75) is 31.5 Å². The fourth-order valence-corrected chi connectivity index (χ4v) is 5.60. The maximum absolute atomic E-state index is 13.9. The highest BCUT2D eigenvalue weighted by molar-refractivity contribution is 5.68. The Balaban J connectivity index is 0.00000289. The van der Waals surface area contributed by atoms with Gasteiger partial charge in [0.1, 0.15) is 18.2 Å². The zero-order valence-corrected chi connectivity index (χ0v) is 21.0. The molecule has 3 heterocycles. The molecule has 4 nitrogen and oxygen atoms in total. The molecule has 1 N–H and O–H groups in total. The SMILES string of the molecule is O=C(N[C@H]1C[N+]2(Cc3ccccc3)CCC1CC2)OC(c1cccc(F)c1)c1cccc(F)c1.[Br-]. The van der Waals surface area contributed by atoms with Gasteiger partial charge in [-0.1, -0.05) is 54.6 Å². The number of quaternary nitrogens is 1. The van der Waals surface area contributed by atoms with Gasteiger partial charge in [0, 0.05) is 18.4 Å². The normalized spacial score (nSPS) is 22.9. The van der Waals surface area contributed by atoms with Crippen LogP contribution in [-0.2, 0) is 11.3 Å². The summed E-state index contributed by atoms with van der Waals surface area (Å²) >= 11 is 0. The van der Waals surface area contributed by atoms with Crippen LogP contribution < -0.4 is 22.3 Å². The Kier molecular flexibility index (Phi) is 7.87. The molecule has 1 atom stereocenters. The van der Waals surface area contributed by atoms with E-state index in [-0.39, 0.29) is 23.0 Å².